The molecular weight excluding hydrogens is 204 g/mol. The van der Waals surface area contributed by atoms with E-state index in [0.29, 0.717) is 12.4 Å². The quantitative estimate of drug-likeness (QED) is 0.713. The van der Waals surface area contributed by atoms with Crippen LogP contribution in [0.4, 0.5) is 8.78 Å². The van der Waals surface area contributed by atoms with Crippen molar-refractivity contribution in [3.8, 4) is 11.3 Å². The zero-order chi connectivity index (χ0) is 10.8. The summed E-state index contributed by atoms with van der Waals surface area (Å²) in [6.07, 6.45) is 1.67. The normalized spacial score (nSPS) is 10.3. The van der Waals surface area contributed by atoms with Gasteiger partial charge in [0.05, 0.1) is 17.3 Å². The Balaban J connectivity index is 2.59. The monoisotopic (exact) mass is 209 g/mol. The van der Waals surface area contributed by atoms with E-state index in [4.69, 9.17) is 4.52 Å². The van der Waals surface area contributed by atoms with Crippen LogP contribution in [0.5, 0.6) is 0 Å². The van der Waals surface area contributed by atoms with Gasteiger partial charge in [0.15, 0.2) is 12.0 Å². The summed E-state index contributed by atoms with van der Waals surface area (Å²) in [4.78, 5) is 10.5. The topological polar surface area (TPSA) is 43.1 Å². The molecule has 0 aliphatic heterocycles. The molecule has 0 N–H and O–H groups in total. The Morgan fingerprint density at radius 2 is 2.13 bits per heavy atom. The lowest BCUT2D eigenvalue weighted by Gasteiger charge is -1.98. The molecule has 0 saturated carbocycles. The highest BCUT2D eigenvalue weighted by atomic mass is 19.1. The van der Waals surface area contributed by atoms with Crippen molar-refractivity contribution in [1.29, 1.82) is 0 Å². The zero-order valence-electron chi connectivity index (χ0n) is 7.41. The number of aromatic nitrogens is 1. The molecule has 0 spiro atoms. The molecule has 1 heterocycles. The van der Waals surface area contributed by atoms with Crippen LogP contribution in [0, 0.1) is 11.6 Å². The summed E-state index contributed by atoms with van der Waals surface area (Å²) in [7, 11) is 0. The summed E-state index contributed by atoms with van der Waals surface area (Å²) in [6, 6.07) is 2.99. The van der Waals surface area contributed by atoms with Gasteiger partial charge >= 0.3 is 0 Å². The van der Waals surface area contributed by atoms with Crippen LogP contribution in [0.25, 0.3) is 11.3 Å². The van der Waals surface area contributed by atoms with Crippen LogP contribution in [0.15, 0.2) is 28.9 Å². The van der Waals surface area contributed by atoms with Crippen molar-refractivity contribution in [1.82, 2.24) is 5.16 Å². The number of nitrogens with zero attached hydrogens (tertiary/aromatic N) is 1. The Morgan fingerprint density at radius 3 is 2.80 bits per heavy atom. The molecule has 0 bridgehead atoms. The predicted molar refractivity (Wildman–Crippen MR) is 47.2 cm³/mol. The van der Waals surface area contributed by atoms with Crippen molar-refractivity contribution in [3.63, 3.8) is 0 Å². The van der Waals surface area contributed by atoms with Crippen LogP contribution >= 0.6 is 0 Å². The minimum atomic E-state index is -0.796. The van der Waals surface area contributed by atoms with E-state index in [2.05, 4.69) is 5.16 Å². The first-order chi connectivity index (χ1) is 7.22. The maximum absolute atomic E-state index is 13.3. The molecule has 1 aromatic carbocycles. The molecule has 76 valence electrons. The SMILES string of the molecule is O=Cc1cnoc1-c1ccc(F)cc1F. The van der Waals surface area contributed by atoms with Gasteiger partial charge in [0.1, 0.15) is 11.6 Å². The van der Waals surface area contributed by atoms with E-state index in [1.54, 1.807) is 0 Å². The molecule has 0 atom stereocenters. The molecule has 0 saturated heterocycles. The third kappa shape index (κ3) is 1.63. The van der Waals surface area contributed by atoms with E-state index >= 15 is 0 Å². The van der Waals surface area contributed by atoms with Crippen molar-refractivity contribution in [2.75, 3.05) is 0 Å². The molecule has 2 rings (SSSR count). The van der Waals surface area contributed by atoms with E-state index in [-0.39, 0.29) is 16.9 Å². The second-order valence-electron chi connectivity index (χ2n) is 2.85. The molecule has 15 heavy (non-hydrogen) atoms. The van der Waals surface area contributed by atoms with Crippen molar-refractivity contribution in [3.05, 3.63) is 41.6 Å². The maximum atomic E-state index is 13.3. The van der Waals surface area contributed by atoms with Gasteiger partial charge in [-0.1, -0.05) is 5.16 Å². The number of carbonyl (C=O) groups is 1. The number of benzene rings is 1. The van der Waals surface area contributed by atoms with Crippen LogP contribution < -0.4 is 0 Å². The average molecular weight is 209 g/mol. The number of hydrogen-bond donors (Lipinski definition) is 0. The first-order valence-corrected chi connectivity index (χ1v) is 4.07. The predicted octanol–water partition coefficient (Wildman–Crippen LogP) is 2.43. The van der Waals surface area contributed by atoms with Crippen LogP contribution in [-0.4, -0.2) is 11.4 Å². The summed E-state index contributed by atoms with van der Waals surface area (Å²) in [6.45, 7) is 0. The third-order valence-corrected chi connectivity index (χ3v) is 1.90. The summed E-state index contributed by atoms with van der Waals surface area (Å²) in [5, 5.41) is 3.37. The van der Waals surface area contributed by atoms with Crippen LogP contribution in [0.3, 0.4) is 0 Å². The largest absolute Gasteiger partial charge is 0.355 e. The number of rotatable bonds is 2. The van der Waals surface area contributed by atoms with Crippen molar-refractivity contribution < 1.29 is 18.1 Å². The van der Waals surface area contributed by atoms with Gasteiger partial charge < -0.3 is 4.52 Å². The van der Waals surface area contributed by atoms with Gasteiger partial charge in [-0.2, -0.15) is 0 Å². The van der Waals surface area contributed by atoms with E-state index in [1.165, 1.54) is 12.3 Å². The summed E-state index contributed by atoms with van der Waals surface area (Å²) in [5.41, 5.74) is 0.136. The van der Waals surface area contributed by atoms with Gasteiger partial charge in [-0.25, -0.2) is 8.78 Å². The number of hydrogen-bond acceptors (Lipinski definition) is 3. The van der Waals surface area contributed by atoms with E-state index in [0.717, 1.165) is 6.07 Å². The first kappa shape index (κ1) is 9.51. The molecule has 1 aromatic heterocycles. The molecule has 5 heteroatoms. The molecule has 0 aliphatic rings. The van der Waals surface area contributed by atoms with Crippen molar-refractivity contribution in [2.45, 2.75) is 0 Å². The molecule has 3 nitrogen and oxygen atoms in total. The number of aldehydes is 1. The van der Waals surface area contributed by atoms with Crippen molar-refractivity contribution in [2.24, 2.45) is 0 Å². The summed E-state index contributed by atoms with van der Waals surface area (Å²) < 4.78 is 30.6. The van der Waals surface area contributed by atoms with Crippen LogP contribution in [-0.2, 0) is 0 Å². The van der Waals surface area contributed by atoms with Crippen LogP contribution in [0.2, 0.25) is 0 Å². The molecule has 0 fully saturated rings. The lowest BCUT2D eigenvalue weighted by atomic mass is 10.1. The summed E-state index contributed by atoms with van der Waals surface area (Å²) in [5.74, 6) is -1.49. The fourth-order valence-electron chi connectivity index (χ4n) is 1.21. The van der Waals surface area contributed by atoms with Gasteiger partial charge in [-0.3, -0.25) is 4.79 Å². The Labute approximate surface area is 83.3 Å². The molecule has 2 aromatic rings. The highest BCUT2D eigenvalue weighted by molar-refractivity contribution is 5.84. The molecule has 0 unspecified atom stereocenters. The second kappa shape index (κ2) is 3.61. The van der Waals surface area contributed by atoms with E-state index in [1.807, 2.05) is 0 Å². The van der Waals surface area contributed by atoms with E-state index < -0.39 is 11.6 Å². The van der Waals surface area contributed by atoms with E-state index in [9.17, 15) is 13.6 Å². The Morgan fingerprint density at radius 1 is 1.33 bits per heavy atom. The van der Waals surface area contributed by atoms with Gasteiger partial charge in [0.2, 0.25) is 0 Å². The third-order valence-electron chi connectivity index (χ3n) is 1.90. The summed E-state index contributed by atoms with van der Waals surface area (Å²) >= 11 is 0. The smallest absolute Gasteiger partial charge is 0.180 e. The average Bonchev–Trinajstić information content (AvgIpc) is 2.65. The molecule has 0 aliphatic carbocycles. The van der Waals surface area contributed by atoms with Gasteiger partial charge in [0.25, 0.3) is 0 Å². The fraction of sp³-hybridized carbons (Fsp3) is 0. The molecular formula is C10H5F2NO2. The lowest BCUT2D eigenvalue weighted by molar-refractivity contribution is 0.112. The van der Waals surface area contributed by atoms with Crippen molar-refractivity contribution >= 4 is 6.29 Å². The Kier molecular flexibility index (Phi) is 2.29. The maximum Gasteiger partial charge on any atom is 0.180 e. The highest BCUT2D eigenvalue weighted by Gasteiger charge is 2.14. The Hall–Kier alpha value is -2.04. The highest BCUT2D eigenvalue weighted by Crippen LogP contribution is 2.25. The Bertz CT molecular complexity index is 508. The minimum absolute atomic E-state index is 0.00231. The fourth-order valence-corrected chi connectivity index (χ4v) is 1.21. The standard InChI is InChI=1S/C10H5F2NO2/c11-7-1-2-8(9(12)3-7)10-6(5-14)4-13-15-10/h1-5H. The minimum Gasteiger partial charge on any atom is -0.355 e. The number of carbonyl (C=O) groups excluding carboxylic acids is 1. The van der Waals surface area contributed by atoms with Gasteiger partial charge in [0, 0.05) is 6.07 Å². The first-order valence-electron chi connectivity index (χ1n) is 4.07. The van der Waals surface area contributed by atoms with Crippen LogP contribution in [0.1, 0.15) is 10.4 Å². The molecule has 0 radical (unpaired) electrons. The van der Waals surface area contributed by atoms with Gasteiger partial charge in [-0.05, 0) is 12.1 Å². The zero-order valence-corrected chi connectivity index (χ0v) is 7.41. The lowest BCUT2D eigenvalue weighted by Crippen LogP contribution is -1.87. The van der Waals surface area contributed by atoms with Gasteiger partial charge in [-0.15, -0.1) is 0 Å². The molecule has 0 amide bonds. The second-order valence-corrected chi connectivity index (χ2v) is 2.85. The number of halogens is 2.